The molecule has 0 rings (SSSR count). The van der Waals surface area contributed by atoms with Gasteiger partial charge in [-0.05, 0) is 19.1 Å². The van der Waals surface area contributed by atoms with Gasteiger partial charge in [-0.15, -0.1) is 0 Å². The Morgan fingerprint density at radius 3 is 2.57 bits per heavy atom. The van der Waals surface area contributed by atoms with Crippen LogP contribution in [0.4, 0.5) is 0 Å². The van der Waals surface area contributed by atoms with E-state index in [4.69, 9.17) is 0 Å². The van der Waals surface area contributed by atoms with Crippen LogP contribution in [0.1, 0.15) is 6.92 Å². The molecule has 3 heteroatoms. The summed E-state index contributed by atoms with van der Waals surface area (Å²) in [6.45, 7) is 2.45. The van der Waals surface area contributed by atoms with Gasteiger partial charge in [-0.1, -0.05) is 0 Å². The van der Waals surface area contributed by atoms with Crippen LogP contribution in [0.5, 0.6) is 0 Å². The van der Waals surface area contributed by atoms with Crippen molar-refractivity contribution in [2.75, 3.05) is 13.2 Å². The van der Waals surface area contributed by atoms with Crippen molar-refractivity contribution in [3.05, 3.63) is 0 Å². The van der Waals surface area contributed by atoms with Gasteiger partial charge in [0.2, 0.25) is 5.05 Å². The Labute approximate surface area is 48.1 Å². The van der Waals surface area contributed by atoms with Crippen molar-refractivity contribution in [2.45, 2.75) is 6.92 Å². The molecule has 0 unspecified atom stereocenters. The zero-order valence-electron chi connectivity index (χ0n) is 4.14. The van der Waals surface area contributed by atoms with Crippen LogP contribution in [0.3, 0.4) is 0 Å². The SMILES string of the molecule is CCOCC([O])=S. The predicted molar refractivity (Wildman–Crippen MR) is 29.8 cm³/mol. The Hall–Kier alpha value is -0.150. The van der Waals surface area contributed by atoms with Gasteiger partial charge in [-0.3, -0.25) is 5.11 Å². The molecule has 0 aliphatic heterocycles. The minimum atomic E-state index is -0.332. The maximum Gasteiger partial charge on any atom is 0.244 e. The van der Waals surface area contributed by atoms with E-state index in [2.05, 4.69) is 17.0 Å². The van der Waals surface area contributed by atoms with Gasteiger partial charge in [-0.2, -0.15) is 0 Å². The van der Waals surface area contributed by atoms with Gasteiger partial charge in [0.1, 0.15) is 6.61 Å². The van der Waals surface area contributed by atoms with Gasteiger partial charge in [0.15, 0.2) is 0 Å². The first-order valence-electron chi connectivity index (χ1n) is 2.05. The molecule has 1 radical (unpaired) electrons. The van der Waals surface area contributed by atoms with Crippen LogP contribution >= 0.6 is 12.2 Å². The standard InChI is InChI=1S/C4H7O2S/c1-2-6-3-4(5)7/h2-3H2,1H3. The lowest BCUT2D eigenvalue weighted by atomic mass is 10.7. The fraction of sp³-hybridized carbons (Fsp3) is 0.750. The number of ether oxygens (including phenoxy) is 1. The molecule has 0 aromatic carbocycles. The van der Waals surface area contributed by atoms with Crippen molar-refractivity contribution in [3.63, 3.8) is 0 Å². The van der Waals surface area contributed by atoms with Gasteiger partial charge in [-0.25, -0.2) is 0 Å². The zero-order valence-corrected chi connectivity index (χ0v) is 4.96. The molecule has 41 valence electrons. The third-order valence-electron chi connectivity index (χ3n) is 0.424. The summed E-state index contributed by atoms with van der Waals surface area (Å²) >= 11 is 4.18. The summed E-state index contributed by atoms with van der Waals surface area (Å²) in [5.41, 5.74) is 0. The molecule has 7 heavy (non-hydrogen) atoms. The molecule has 0 atom stereocenters. The first kappa shape index (κ1) is 6.85. The summed E-state index contributed by atoms with van der Waals surface area (Å²) in [5, 5.41) is 9.56. The fourth-order valence-electron chi connectivity index (χ4n) is 0.185. The van der Waals surface area contributed by atoms with E-state index in [1.54, 1.807) is 0 Å². The third-order valence-corrected chi connectivity index (χ3v) is 0.542. The minimum Gasteiger partial charge on any atom is -0.373 e. The van der Waals surface area contributed by atoms with Crippen molar-refractivity contribution in [2.24, 2.45) is 0 Å². The minimum absolute atomic E-state index is 0.0752. The highest BCUT2D eigenvalue weighted by atomic mass is 32.1. The maximum atomic E-state index is 9.89. The van der Waals surface area contributed by atoms with E-state index < -0.39 is 0 Å². The van der Waals surface area contributed by atoms with E-state index in [0.29, 0.717) is 6.61 Å². The molecule has 0 heterocycles. The molecule has 0 aliphatic carbocycles. The van der Waals surface area contributed by atoms with Crippen LogP contribution in [-0.4, -0.2) is 18.3 Å². The third kappa shape index (κ3) is 5.85. The molecule has 0 amide bonds. The van der Waals surface area contributed by atoms with Crippen LogP contribution in [-0.2, 0) is 9.84 Å². The number of hydrogen-bond donors (Lipinski definition) is 0. The predicted octanol–water partition coefficient (Wildman–Crippen LogP) is 0.781. The van der Waals surface area contributed by atoms with Crippen LogP contribution < -0.4 is 0 Å². The van der Waals surface area contributed by atoms with Crippen LogP contribution in [0, 0.1) is 0 Å². The normalized spacial score (nSPS) is 8.71. The van der Waals surface area contributed by atoms with Gasteiger partial charge in [0.05, 0.1) is 0 Å². The summed E-state index contributed by atoms with van der Waals surface area (Å²) < 4.78 is 4.64. The lowest BCUT2D eigenvalue weighted by Gasteiger charge is -1.90. The maximum absolute atomic E-state index is 9.89. The zero-order chi connectivity index (χ0) is 5.70. The molecular formula is C4H7O2S. The Morgan fingerprint density at radius 1 is 1.86 bits per heavy atom. The van der Waals surface area contributed by atoms with E-state index in [9.17, 15) is 5.11 Å². The molecule has 2 nitrogen and oxygen atoms in total. The Bertz CT molecular complexity index is 62.7. The summed E-state index contributed by atoms with van der Waals surface area (Å²) in [7, 11) is 0. The average Bonchev–Trinajstić information content (AvgIpc) is 1.61. The molecule has 0 bridgehead atoms. The fourth-order valence-corrected chi connectivity index (χ4v) is 0.269. The number of thiocarbonyl (C=S) groups is 1. The van der Waals surface area contributed by atoms with Crippen molar-refractivity contribution >= 4 is 17.3 Å². The monoisotopic (exact) mass is 119 g/mol. The van der Waals surface area contributed by atoms with Crippen LogP contribution in [0.2, 0.25) is 0 Å². The number of hydrogen-bond acceptors (Lipinski definition) is 2. The van der Waals surface area contributed by atoms with Crippen LogP contribution in [0.15, 0.2) is 0 Å². The number of rotatable bonds is 3. The smallest absolute Gasteiger partial charge is 0.244 e. The Morgan fingerprint density at radius 2 is 2.43 bits per heavy atom. The quantitative estimate of drug-likeness (QED) is 0.514. The highest BCUT2D eigenvalue weighted by molar-refractivity contribution is 7.80. The summed E-state index contributed by atoms with van der Waals surface area (Å²) in [6, 6.07) is 0. The van der Waals surface area contributed by atoms with Gasteiger partial charge < -0.3 is 4.74 Å². The van der Waals surface area contributed by atoms with Gasteiger partial charge >= 0.3 is 0 Å². The average molecular weight is 119 g/mol. The molecule has 0 N–H and O–H groups in total. The molecule has 0 aromatic rings. The highest BCUT2D eigenvalue weighted by Gasteiger charge is 1.88. The summed E-state index contributed by atoms with van der Waals surface area (Å²) in [4.78, 5) is 0. The molecule has 0 saturated carbocycles. The molecule has 0 fully saturated rings. The first-order chi connectivity index (χ1) is 3.27. The van der Waals surface area contributed by atoms with E-state index in [1.165, 1.54) is 0 Å². The lowest BCUT2D eigenvalue weighted by Crippen LogP contribution is -2.01. The molecule has 0 aromatic heterocycles. The van der Waals surface area contributed by atoms with E-state index >= 15 is 0 Å². The second-order valence-corrected chi connectivity index (χ2v) is 1.46. The Kier molecular flexibility index (Phi) is 3.93. The first-order valence-corrected chi connectivity index (χ1v) is 2.45. The van der Waals surface area contributed by atoms with Crippen molar-refractivity contribution in [3.8, 4) is 0 Å². The van der Waals surface area contributed by atoms with Crippen molar-refractivity contribution in [1.82, 2.24) is 0 Å². The summed E-state index contributed by atoms with van der Waals surface area (Å²) in [6.07, 6.45) is 0. The van der Waals surface area contributed by atoms with Crippen LogP contribution in [0.25, 0.3) is 0 Å². The second kappa shape index (κ2) is 4.02. The van der Waals surface area contributed by atoms with E-state index in [-0.39, 0.29) is 11.7 Å². The lowest BCUT2D eigenvalue weighted by molar-refractivity contribution is 0.172. The molecule has 0 spiro atoms. The largest absolute Gasteiger partial charge is 0.373 e. The summed E-state index contributed by atoms with van der Waals surface area (Å²) in [5.74, 6) is 0. The Balaban J connectivity index is 2.82. The molecule has 0 saturated heterocycles. The topological polar surface area (TPSA) is 29.1 Å². The molecular weight excluding hydrogens is 112 g/mol. The highest BCUT2D eigenvalue weighted by Crippen LogP contribution is 1.74. The van der Waals surface area contributed by atoms with Crippen molar-refractivity contribution < 1.29 is 9.84 Å². The van der Waals surface area contributed by atoms with E-state index in [1.807, 2.05) is 6.92 Å². The molecule has 0 aliphatic rings. The van der Waals surface area contributed by atoms with Crippen molar-refractivity contribution in [1.29, 1.82) is 0 Å². The second-order valence-electron chi connectivity index (χ2n) is 1.01. The van der Waals surface area contributed by atoms with Gasteiger partial charge in [0.25, 0.3) is 0 Å². The van der Waals surface area contributed by atoms with Gasteiger partial charge in [0, 0.05) is 6.61 Å². The van der Waals surface area contributed by atoms with E-state index in [0.717, 1.165) is 0 Å².